The first-order valence-corrected chi connectivity index (χ1v) is 6.53. The first-order valence-electron chi connectivity index (χ1n) is 6.53. The third kappa shape index (κ3) is 11.8. The second-order valence-electron chi connectivity index (χ2n) is 4.32. The average Bonchev–Trinajstić information content (AvgIpc) is 2.25. The Kier molecular flexibility index (Phi) is 11.9. The van der Waals surface area contributed by atoms with Crippen molar-refractivity contribution in [2.45, 2.75) is 71.3 Å². The van der Waals surface area contributed by atoms with Crippen LogP contribution in [0.5, 0.6) is 0 Å². The standard InChI is InChI=1S/C13H28O2/c1-3-4-5-6-7-8-12-15-13(2)10-9-11-14/h13-14H,3-12H2,1-2H3. The fraction of sp³-hybridized carbons (Fsp3) is 1.00. The summed E-state index contributed by atoms with van der Waals surface area (Å²) in [4.78, 5) is 0. The highest BCUT2D eigenvalue weighted by Crippen LogP contribution is 2.07. The fourth-order valence-corrected chi connectivity index (χ4v) is 1.63. The molecule has 0 spiro atoms. The zero-order valence-corrected chi connectivity index (χ0v) is 10.5. The van der Waals surface area contributed by atoms with E-state index in [-0.39, 0.29) is 6.61 Å². The molecule has 0 rings (SSSR count). The topological polar surface area (TPSA) is 29.5 Å². The van der Waals surface area contributed by atoms with Gasteiger partial charge in [-0.1, -0.05) is 39.0 Å². The molecule has 0 saturated heterocycles. The Morgan fingerprint density at radius 2 is 1.67 bits per heavy atom. The van der Waals surface area contributed by atoms with Crippen molar-refractivity contribution in [3.63, 3.8) is 0 Å². The summed E-state index contributed by atoms with van der Waals surface area (Å²) in [5.41, 5.74) is 0. The van der Waals surface area contributed by atoms with Gasteiger partial charge in [-0.3, -0.25) is 0 Å². The third-order valence-corrected chi connectivity index (χ3v) is 2.67. The monoisotopic (exact) mass is 216 g/mol. The summed E-state index contributed by atoms with van der Waals surface area (Å²) in [5, 5.41) is 8.65. The Balaban J connectivity index is 3.02. The molecular weight excluding hydrogens is 188 g/mol. The normalized spacial score (nSPS) is 13.0. The number of hydrogen-bond acceptors (Lipinski definition) is 2. The van der Waals surface area contributed by atoms with Gasteiger partial charge in [-0.25, -0.2) is 0 Å². The summed E-state index contributed by atoms with van der Waals surface area (Å²) in [5.74, 6) is 0. The summed E-state index contributed by atoms with van der Waals surface area (Å²) in [6.45, 7) is 5.50. The molecule has 0 aliphatic carbocycles. The van der Waals surface area contributed by atoms with Gasteiger partial charge in [-0.15, -0.1) is 0 Å². The smallest absolute Gasteiger partial charge is 0.0547 e. The number of hydrogen-bond donors (Lipinski definition) is 1. The van der Waals surface area contributed by atoms with E-state index in [9.17, 15) is 0 Å². The molecule has 0 heterocycles. The van der Waals surface area contributed by atoms with Crippen LogP contribution < -0.4 is 0 Å². The molecule has 0 amide bonds. The minimum Gasteiger partial charge on any atom is -0.396 e. The third-order valence-electron chi connectivity index (χ3n) is 2.67. The van der Waals surface area contributed by atoms with Gasteiger partial charge in [0, 0.05) is 13.2 Å². The van der Waals surface area contributed by atoms with Crippen LogP contribution in [0.15, 0.2) is 0 Å². The second-order valence-corrected chi connectivity index (χ2v) is 4.32. The van der Waals surface area contributed by atoms with Crippen molar-refractivity contribution < 1.29 is 9.84 Å². The van der Waals surface area contributed by atoms with Gasteiger partial charge in [0.2, 0.25) is 0 Å². The van der Waals surface area contributed by atoms with E-state index in [0.717, 1.165) is 19.4 Å². The molecule has 0 aliphatic rings. The molecular formula is C13H28O2. The number of ether oxygens (including phenoxy) is 1. The molecule has 0 fully saturated rings. The van der Waals surface area contributed by atoms with Crippen molar-refractivity contribution in [1.82, 2.24) is 0 Å². The van der Waals surface area contributed by atoms with Crippen LogP contribution in [0.3, 0.4) is 0 Å². The zero-order valence-electron chi connectivity index (χ0n) is 10.5. The van der Waals surface area contributed by atoms with E-state index in [2.05, 4.69) is 13.8 Å². The van der Waals surface area contributed by atoms with Crippen molar-refractivity contribution >= 4 is 0 Å². The molecule has 15 heavy (non-hydrogen) atoms. The molecule has 2 nitrogen and oxygen atoms in total. The highest BCUT2D eigenvalue weighted by atomic mass is 16.5. The maximum atomic E-state index is 8.65. The van der Waals surface area contributed by atoms with Crippen LogP contribution in [0.1, 0.15) is 65.2 Å². The Morgan fingerprint density at radius 3 is 2.33 bits per heavy atom. The molecule has 1 atom stereocenters. The van der Waals surface area contributed by atoms with Crippen LogP contribution in [0.2, 0.25) is 0 Å². The maximum Gasteiger partial charge on any atom is 0.0547 e. The number of aliphatic hydroxyl groups excluding tert-OH is 1. The molecule has 92 valence electrons. The lowest BCUT2D eigenvalue weighted by Gasteiger charge is -2.11. The maximum absolute atomic E-state index is 8.65. The first kappa shape index (κ1) is 14.9. The summed E-state index contributed by atoms with van der Waals surface area (Å²) in [6, 6.07) is 0. The van der Waals surface area contributed by atoms with Crippen molar-refractivity contribution in [1.29, 1.82) is 0 Å². The lowest BCUT2D eigenvalue weighted by molar-refractivity contribution is 0.0527. The predicted molar refractivity (Wildman–Crippen MR) is 65.1 cm³/mol. The quantitative estimate of drug-likeness (QED) is 0.535. The average molecular weight is 216 g/mol. The SMILES string of the molecule is CCCCCCCCOC(C)CCCO. The van der Waals surface area contributed by atoms with Gasteiger partial charge in [-0.05, 0) is 26.2 Å². The van der Waals surface area contributed by atoms with E-state index in [0.29, 0.717) is 6.10 Å². The number of rotatable bonds is 11. The van der Waals surface area contributed by atoms with Crippen molar-refractivity contribution in [3.8, 4) is 0 Å². The molecule has 0 aromatic carbocycles. The zero-order chi connectivity index (χ0) is 11.4. The van der Waals surface area contributed by atoms with Crippen LogP contribution in [0, 0.1) is 0 Å². The van der Waals surface area contributed by atoms with Crippen molar-refractivity contribution in [2.24, 2.45) is 0 Å². The molecule has 2 heteroatoms. The van der Waals surface area contributed by atoms with E-state index in [1.807, 2.05) is 0 Å². The largest absolute Gasteiger partial charge is 0.396 e. The Hall–Kier alpha value is -0.0800. The van der Waals surface area contributed by atoms with Crippen LogP contribution in [0.25, 0.3) is 0 Å². The molecule has 0 bridgehead atoms. The fourth-order valence-electron chi connectivity index (χ4n) is 1.63. The molecule has 0 aromatic heterocycles. The summed E-state index contributed by atoms with van der Waals surface area (Å²) >= 11 is 0. The van der Waals surface area contributed by atoms with Gasteiger partial charge >= 0.3 is 0 Å². The van der Waals surface area contributed by atoms with Gasteiger partial charge in [0.25, 0.3) is 0 Å². The summed E-state index contributed by atoms with van der Waals surface area (Å²) in [7, 11) is 0. The lowest BCUT2D eigenvalue weighted by Crippen LogP contribution is -2.09. The Bertz CT molecular complexity index is 115. The van der Waals surface area contributed by atoms with Crippen LogP contribution >= 0.6 is 0 Å². The first-order chi connectivity index (χ1) is 7.31. The van der Waals surface area contributed by atoms with Gasteiger partial charge < -0.3 is 9.84 Å². The molecule has 0 aliphatic heterocycles. The van der Waals surface area contributed by atoms with E-state index >= 15 is 0 Å². The van der Waals surface area contributed by atoms with E-state index < -0.39 is 0 Å². The Morgan fingerprint density at radius 1 is 1.00 bits per heavy atom. The molecule has 0 radical (unpaired) electrons. The number of unbranched alkanes of at least 4 members (excludes halogenated alkanes) is 5. The summed E-state index contributed by atoms with van der Waals surface area (Å²) in [6.07, 6.45) is 10.0. The number of aliphatic hydroxyl groups is 1. The molecule has 0 saturated carbocycles. The molecule has 1 N–H and O–H groups in total. The van der Waals surface area contributed by atoms with E-state index in [4.69, 9.17) is 9.84 Å². The van der Waals surface area contributed by atoms with Gasteiger partial charge in [0.05, 0.1) is 6.10 Å². The molecule has 1 unspecified atom stereocenters. The minimum absolute atomic E-state index is 0.282. The Labute approximate surface area is 95.0 Å². The predicted octanol–water partition coefficient (Wildman–Crippen LogP) is 3.52. The lowest BCUT2D eigenvalue weighted by atomic mass is 10.1. The van der Waals surface area contributed by atoms with E-state index in [1.165, 1.54) is 38.5 Å². The highest BCUT2D eigenvalue weighted by molar-refractivity contribution is 4.50. The molecule has 0 aromatic rings. The van der Waals surface area contributed by atoms with Crippen LogP contribution in [0.4, 0.5) is 0 Å². The highest BCUT2D eigenvalue weighted by Gasteiger charge is 2.00. The van der Waals surface area contributed by atoms with E-state index in [1.54, 1.807) is 0 Å². The second kappa shape index (κ2) is 12.0. The van der Waals surface area contributed by atoms with Gasteiger partial charge in [0.15, 0.2) is 0 Å². The summed E-state index contributed by atoms with van der Waals surface area (Å²) < 4.78 is 5.64. The van der Waals surface area contributed by atoms with Crippen molar-refractivity contribution in [3.05, 3.63) is 0 Å². The minimum atomic E-state index is 0.282. The van der Waals surface area contributed by atoms with Crippen LogP contribution in [-0.4, -0.2) is 24.4 Å². The van der Waals surface area contributed by atoms with Gasteiger partial charge in [-0.2, -0.15) is 0 Å². The van der Waals surface area contributed by atoms with Crippen LogP contribution in [-0.2, 0) is 4.74 Å². The van der Waals surface area contributed by atoms with Crippen molar-refractivity contribution in [2.75, 3.05) is 13.2 Å². The van der Waals surface area contributed by atoms with Gasteiger partial charge in [0.1, 0.15) is 0 Å².